The zero-order valence-corrected chi connectivity index (χ0v) is 7.08. The zero-order valence-electron chi connectivity index (χ0n) is 7.08. The molecular formula is C8H7N3O3. The van der Waals surface area contributed by atoms with Crippen molar-refractivity contribution in [3.05, 3.63) is 24.2 Å². The molecule has 0 amide bonds. The van der Waals surface area contributed by atoms with Gasteiger partial charge >= 0.3 is 5.97 Å². The van der Waals surface area contributed by atoms with Crippen LogP contribution in [0.2, 0.25) is 0 Å². The third-order valence-electron chi connectivity index (χ3n) is 1.79. The fraction of sp³-hybridized carbons (Fsp3) is 0.125. The van der Waals surface area contributed by atoms with Crippen molar-refractivity contribution in [2.45, 2.75) is 6.42 Å². The van der Waals surface area contributed by atoms with Crippen molar-refractivity contribution in [1.82, 2.24) is 14.6 Å². The van der Waals surface area contributed by atoms with Gasteiger partial charge in [0.25, 0.3) is 0 Å². The number of carboxylic acid groups (broad SMARTS) is 1. The van der Waals surface area contributed by atoms with Crippen molar-refractivity contribution in [3.63, 3.8) is 0 Å². The SMILES string of the molecule is O=C(O)Cc1nnc2c(O)cccn12. The molecule has 0 saturated heterocycles. The average molecular weight is 193 g/mol. The molecule has 0 spiro atoms. The molecule has 0 saturated carbocycles. The van der Waals surface area contributed by atoms with Gasteiger partial charge in [-0.2, -0.15) is 0 Å². The number of hydrogen-bond donors (Lipinski definition) is 2. The molecule has 0 aliphatic heterocycles. The van der Waals surface area contributed by atoms with Crippen molar-refractivity contribution in [1.29, 1.82) is 0 Å². The van der Waals surface area contributed by atoms with Crippen molar-refractivity contribution in [2.24, 2.45) is 0 Å². The highest BCUT2D eigenvalue weighted by molar-refractivity contribution is 5.69. The van der Waals surface area contributed by atoms with Gasteiger partial charge in [0.05, 0.1) is 0 Å². The highest BCUT2D eigenvalue weighted by atomic mass is 16.4. The van der Waals surface area contributed by atoms with Crippen molar-refractivity contribution in [2.75, 3.05) is 0 Å². The summed E-state index contributed by atoms with van der Waals surface area (Å²) in [6.45, 7) is 0. The second-order valence-electron chi connectivity index (χ2n) is 2.77. The second-order valence-corrected chi connectivity index (χ2v) is 2.77. The van der Waals surface area contributed by atoms with Crippen LogP contribution in [0.25, 0.3) is 5.65 Å². The molecule has 0 unspecified atom stereocenters. The molecule has 2 N–H and O–H groups in total. The fourth-order valence-corrected chi connectivity index (χ4v) is 1.21. The average Bonchev–Trinajstić information content (AvgIpc) is 2.49. The minimum atomic E-state index is -0.984. The number of pyridine rings is 1. The normalized spacial score (nSPS) is 10.6. The molecule has 72 valence electrons. The van der Waals surface area contributed by atoms with E-state index in [9.17, 15) is 9.90 Å². The lowest BCUT2D eigenvalue weighted by atomic mass is 10.4. The number of aromatic hydroxyl groups is 1. The van der Waals surface area contributed by atoms with E-state index in [0.717, 1.165) is 0 Å². The van der Waals surface area contributed by atoms with Gasteiger partial charge in [-0.25, -0.2) is 0 Å². The van der Waals surface area contributed by atoms with Crippen LogP contribution in [0.15, 0.2) is 18.3 Å². The van der Waals surface area contributed by atoms with Gasteiger partial charge in [0.1, 0.15) is 12.2 Å². The third kappa shape index (κ3) is 1.26. The maximum absolute atomic E-state index is 10.5. The van der Waals surface area contributed by atoms with Crippen LogP contribution in [0.3, 0.4) is 0 Å². The van der Waals surface area contributed by atoms with E-state index in [4.69, 9.17) is 5.11 Å². The predicted octanol–water partition coefficient (Wildman–Crippen LogP) is 0.0620. The molecule has 0 aromatic carbocycles. The number of hydrogen-bond acceptors (Lipinski definition) is 4. The summed E-state index contributed by atoms with van der Waals surface area (Å²) in [5.41, 5.74) is 0.267. The van der Waals surface area contributed by atoms with Crippen LogP contribution >= 0.6 is 0 Å². The molecule has 6 nitrogen and oxygen atoms in total. The summed E-state index contributed by atoms with van der Waals surface area (Å²) in [7, 11) is 0. The molecular weight excluding hydrogens is 186 g/mol. The largest absolute Gasteiger partial charge is 0.504 e. The molecule has 2 rings (SSSR count). The molecule has 0 fully saturated rings. The Labute approximate surface area is 78.4 Å². The molecule has 2 aromatic rings. The molecule has 0 aliphatic carbocycles. The number of carbonyl (C=O) groups is 1. The molecule has 0 radical (unpaired) electrons. The van der Waals surface area contributed by atoms with E-state index < -0.39 is 5.97 Å². The monoisotopic (exact) mass is 193 g/mol. The lowest BCUT2D eigenvalue weighted by molar-refractivity contribution is -0.136. The summed E-state index contributed by atoms with van der Waals surface area (Å²) in [4.78, 5) is 10.5. The van der Waals surface area contributed by atoms with Crippen molar-refractivity contribution < 1.29 is 15.0 Å². The zero-order chi connectivity index (χ0) is 10.1. The van der Waals surface area contributed by atoms with Gasteiger partial charge in [0, 0.05) is 6.20 Å². The summed E-state index contributed by atoms with van der Waals surface area (Å²) >= 11 is 0. The number of nitrogens with zero attached hydrogens (tertiary/aromatic N) is 3. The Morgan fingerprint density at radius 1 is 1.50 bits per heavy atom. The molecule has 6 heteroatoms. The van der Waals surface area contributed by atoms with Crippen LogP contribution in [-0.2, 0) is 11.2 Å². The van der Waals surface area contributed by atoms with Crippen LogP contribution in [0.5, 0.6) is 5.75 Å². The lowest BCUT2D eigenvalue weighted by Crippen LogP contribution is -2.04. The highest BCUT2D eigenvalue weighted by Gasteiger charge is 2.10. The molecule has 0 atom stereocenters. The standard InChI is InChI=1S/C8H7N3O3/c12-5-2-1-3-11-6(4-7(13)14)9-10-8(5)11/h1-3,12H,4H2,(H,13,14). The van der Waals surface area contributed by atoms with E-state index in [2.05, 4.69) is 10.2 Å². The van der Waals surface area contributed by atoms with Crippen LogP contribution < -0.4 is 0 Å². The number of aliphatic carboxylic acids is 1. The van der Waals surface area contributed by atoms with E-state index in [1.165, 1.54) is 10.5 Å². The Kier molecular flexibility index (Phi) is 1.81. The maximum atomic E-state index is 10.5. The summed E-state index contributed by atoms with van der Waals surface area (Å²) in [5, 5.41) is 25.3. The van der Waals surface area contributed by atoms with Crippen molar-refractivity contribution >= 4 is 11.6 Å². The first-order valence-electron chi connectivity index (χ1n) is 3.92. The third-order valence-corrected chi connectivity index (χ3v) is 1.79. The second kappa shape index (κ2) is 2.99. The van der Waals surface area contributed by atoms with E-state index >= 15 is 0 Å². The Morgan fingerprint density at radius 3 is 3.00 bits per heavy atom. The summed E-state index contributed by atoms with van der Waals surface area (Å²) in [6, 6.07) is 3.06. The van der Waals surface area contributed by atoms with Gasteiger partial charge in [-0.3, -0.25) is 9.20 Å². The lowest BCUT2D eigenvalue weighted by Gasteiger charge is -1.96. The van der Waals surface area contributed by atoms with Crippen LogP contribution in [0, 0.1) is 0 Å². The first-order chi connectivity index (χ1) is 6.68. The number of rotatable bonds is 2. The van der Waals surface area contributed by atoms with E-state index in [1.54, 1.807) is 12.3 Å². The van der Waals surface area contributed by atoms with E-state index in [1.807, 2.05) is 0 Å². The molecule has 2 heterocycles. The van der Waals surface area contributed by atoms with Gasteiger partial charge in [-0.1, -0.05) is 0 Å². The van der Waals surface area contributed by atoms with Gasteiger partial charge in [0.2, 0.25) is 5.65 Å². The van der Waals surface area contributed by atoms with Crippen LogP contribution in [-0.4, -0.2) is 30.8 Å². The summed E-state index contributed by atoms with van der Waals surface area (Å²) in [6.07, 6.45) is 1.39. The minimum Gasteiger partial charge on any atom is -0.504 e. The molecule has 14 heavy (non-hydrogen) atoms. The first-order valence-corrected chi connectivity index (χ1v) is 3.92. The summed E-state index contributed by atoms with van der Waals surface area (Å²) in [5.74, 6) is -0.706. The van der Waals surface area contributed by atoms with E-state index in [0.29, 0.717) is 5.82 Å². The smallest absolute Gasteiger partial charge is 0.311 e. The minimum absolute atomic E-state index is 0.0170. The summed E-state index contributed by atoms with van der Waals surface area (Å²) < 4.78 is 1.45. The van der Waals surface area contributed by atoms with Crippen LogP contribution in [0.1, 0.15) is 5.82 Å². The van der Waals surface area contributed by atoms with Gasteiger partial charge < -0.3 is 10.2 Å². The van der Waals surface area contributed by atoms with Crippen LogP contribution in [0.4, 0.5) is 0 Å². The maximum Gasteiger partial charge on any atom is 0.311 e. The molecule has 0 aliphatic rings. The Morgan fingerprint density at radius 2 is 2.29 bits per heavy atom. The molecule has 2 aromatic heterocycles. The predicted molar refractivity (Wildman–Crippen MR) is 46.0 cm³/mol. The first kappa shape index (κ1) is 8.49. The fourth-order valence-electron chi connectivity index (χ4n) is 1.21. The van der Waals surface area contributed by atoms with E-state index in [-0.39, 0.29) is 17.8 Å². The van der Waals surface area contributed by atoms with Gasteiger partial charge in [0.15, 0.2) is 5.75 Å². The number of carboxylic acids is 1. The van der Waals surface area contributed by atoms with Gasteiger partial charge in [-0.15, -0.1) is 10.2 Å². The number of fused-ring (bicyclic) bond motifs is 1. The quantitative estimate of drug-likeness (QED) is 0.704. The Bertz CT molecular complexity index is 492. The Hall–Kier alpha value is -2.11. The molecule has 0 bridgehead atoms. The Balaban J connectivity index is 2.58. The highest BCUT2D eigenvalue weighted by Crippen LogP contribution is 2.15. The number of aromatic nitrogens is 3. The van der Waals surface area contributed by atoms with Gasteiger partial charge in [-0.05, 0) is 12.1 Å². The topological polar surface area (TPSA) is 87.7 Å². The van der Waals surface area contributed by atoms with Crippen molar-refractivity contribution in [3.8, 4) is 5.75 Å².